The monoisotopic (exact) mass is 194 g/mol. The van der Waals surface area contributed by atoms with Crippen LogP contribution in [-0.4, -0.2) is 14.9 Å². The van der Waals surface area contributed by atoms with Crippen LogP contribution in [0.5, 0.6) is 5.75 Å². The molecule has 0 atom stereocenters. The fourth-order valence-electron chi connectivity index (χ4n) is 1.21. The van der Waals surface area contributed by atoms with Crippen LogP contribution in [0.4, 0.5) is 0 Å². The number of hydrogen-bond donors (Lipinski definition) is 1. The first kappa shape index (κ1) is 8.31. The lowest BCUT2D eigenvalue weighted by Gasteiger charge is -1.99. The highest BCUT2D eigenvalue weighted by Crippen LogP contribution is 2.25. The Kier molecular flexibility index (Phi) is 2.06. The van der Waals surface area contributed by atoms with Crippen LogP contribution in [0, 0.1) is 0 Å². The predicted octanol–water partition coefficient (Wildman–Crippen LogP) is 1.78. The average Bonchev–Trinajstić information content (AvgIpc) is 2.65. The van der Waals surface area contributed by atoms with Crippen molar-refractivity contribution in [3.63, 3.8) is 0 Å². The summed E-state index contributed by atoms with van der Waals surface area (Å²) in [6, 6.07) is 3.68. The summed E-state index contributed by atoms with van der Waals surface area (Å²) in [6.45, 7) is 0. The number of rotatable bonds is 2. The van der Waals surface area contributed by atoms with E-state index in [2.05, 4.69) is 5.10 Å². The molecule has 2 heterocycles. The molecule has 0 saturated carbocycles. The van der Waals surface area contributed by atoms with Crippen molar-refractivity contribution < 1.29 is 5.11 Å². The van der Waals surface area contributed by atoms with Crippen LogP contribution in [0.1, 0.15) is 10.6 Å². The van der Waals surface area contributed by atoms with Gasteiger partial charge in [-0.15, -0.1) is 11.3 Å². The zero-order chi connectivity index (χ0) is 9.26. The summed E-state index contributed by atoms with van der Waals surface area (Å²) in [5, 5.41) is 15.4. The van der Waals surface area contributed by atoms with E-state index < -0.39 is 0 Å². The normalized spacial score (nSPS) is 10.5. The molecule has 2 aromatic rings. The van der Waals surface area contributed by atoms with E-state index in [1.165, 1.54) is 0 Å². The summed E-state index contributed by atoms with van der Waals surface area (Å²) >= 11 is 1.57. The molecule has 0 unspecified atom stereocenters. The molecule has 0 spiro atoms. The van der Waals surface area contributed by atoms with Crippen LogP contribution in [-0.2, 0) is 13.5 Å². The molecule has 3 nitrogen and oxygen atoms in total. The molecule has 0 bridgehead atoms. The maximum atomic E-state index is 9.42. The van der Waals surface area contributed by atoms with E-state index in [4.69, 9.17) is 0 Å². The Morgan fingerprint density at radius 2 is 2.38 bits per heavy atom. The van der Waals surface area contributed by atoms with Crippen LogP contribution < -0.4 is 0 Å². The third-order valence-corrected chi connectivity index (χ3v) is 2.90. The summed E-state index contributed by atoms with van der Waals surface area (Å²) in [7, 11) is 1.90. The Morgan fingerprint density at radius 3 is 2.92 bits per heavy atom. The maximum absolute atomic E-state index is 9.42. The molecule has 0 aliphatic carbocycles. The van der Waals surface area contributed by atoms with Crippen molar-refractivity contribution in [1.82, 2.24) is 9.78 Å². The van der Waals surface area contributed by atoms with Gasteiger partial charge in [-0.2, -0.15) is 5.10 Å². The van der Waals surface area contributed by atoms with Crippen LogP contribution in [0.15, 0.2) is 23.7 Å². The molecule has 68 valence electrons. The quantitative estimate of drug-likeness (QED) is 0.791. The zero-order valence-corrected chi connectivity index (χ0v) is 8.08. The second-order valence-electron chi connectivity index (χ2n) is 2.85. The molecule has 13 heavy (non-hydrogen) atoms. The van der Waals surface area contributed by atoms with Gasteiger partial charge in [0.2, 0.25) is 0 Å². The van der Waals surface area contributed by atoms with E-state index in [9.17, 15) is 5.11 Å². The first-order valence-electron chi connectivity index (χ1n) is 3.99. The van der Waals surface area contributed by atoms with Crippen molar-refractivity contribution in [2.75, 3.05) is 0 Å². The van der Waals surface area contributed by atoms with Gasteiger partial charge in [-0.25, -0.2) is 0 Å². The van der Waals surface area contributed by atoms with Gasteiger partial charge in [0.05, 0.1) is 4.88 Å². The molecule has 0 aliphatic rings. The van der Waals surface area contributed by atoms with Crippen molar-refractivity contribution in [2.24, 2.45) is 7.05 Å². The van der Waals surface area contributed by atoms with Gasteiger partial charge >= 0.3 is 0 Å². The van der Waals surface area contributed by atoms with Crippen LogP contribution in [0.3, 0.4) is 0 Å². The van der Waals surface area contributed by atoms with Gasteiger partial charge < -0.3 is 5.11 Å². The van der Waals surface area contributed by atoms with E-state index >= 15 is 0 Å². The standard InChI is InChI=1S/C9H10N2OS/c1-11-7(2-4-10-11)6-9-8(12)3-5-13-9/h2-5,12H,6H2,1H3. The summed E-state index contributed by atoms with van der Waals surface area (Å²) in [4.78, 5) is 0.989. The lowest BCUT2D eigenvalue weighted by Crippen LogP contribution is -1.97. The Balaban J connectivity index is 2.24. The number of hydrogen-bond acceptors (Lipinski definition) is 3. The van der Waals surface area contributed by atoms with Gasteiger partial charge in [-0.1, -0.05) is 0 Å². The molecule has 0 saturated heterocycles. The number of aryl methyl sites for hydroxylation is 1. The minimum atomic E-state index is 0.381. The Labute approximate surface area is 80.3 Å². The Bertz CT molecular complexity index is 367. The molecule has 0 radical (unpaired) electrons. The fraction of sp³-hybridized carbons (Fsp3) is 0.222. The Morgan fingerprint density at radius 1 is 1.54 bits per heavy atom. The second kappa shape index (κ2) is 3.22. The van der Waals surface area contributed by atoms with E-state index in [0.717, 1.165) is 17.0 Å². The lowest BCUT2D eigenvalue weighted by atomic mass is 10.2. The van der Waals surface area contributed by atoms with Crippen molar-refractivity contribution in [3.8, 4) is 5.75 Å². The van der Waals surface area contributed by atoms with E-state index in [1.807, 2.05) is 23.2 Å². The molecule has 2 aromatic heterocycles. The van der Waals surface area contributed by atoms with Crippen LogP contribution in [0.2, 0.25) is 0 Å². The van der Waals surface area contributed by atoms with Crippen molar-refractivity contribution in [1.29, 1.82) is 0 Å². The predicted molar refractivity (Wildman–Crippen MR) is 52.0 cm³/mol. The molecule has 2 rings (SSSR count). The number of aromatic hydroxyl groups is 1. The van der Waals surface area contributed by atoms with Gasteiger partial charge in [0.15, 0.2) is 0 Å². The first-order valence-corrected chi connectivity index (χ1v) is 4.87. The van der Waals surface area contributed by atoms with Gasteiger partial charge in [-0.3, -0.25) is 4.68 Å². The third kappa shape index (κ3) is 1.58. The molecular weight excluding hydrogens is 184 g/mol. The highest BCUT2D eigenvalue weighted by Gasteiger charge is 2.05. The van der Waals surface area contributed by atoms with E-state index in [1.54, 1.807) is 23.6 Å². The zero-order valence-electron chi connectivity index (χ0n) is 7.27. The molecular formula is C9H10N2OS. The number of aromatic nitrogens is 2. The molecule has 0 amide bonds. The minimum absolute atomic E-state index is 0.381. The summed E-state index contributed by atoms with van der Waals surface area (Å²) in [5.41, 5.74) is 1.11. The number of thiophene rings is 1. The smallest absolute Gasteiger partial charge is 0.129 e. The molecule has 0 aromatic carbocycles. The molecule has 0 aliphatic heterocycles. The fourth-order valence-corrected chi connectivity index (χ4v) is 1.99. The summed E-state index contributed by atoms with van der Waals surface area (Å²) in [5.74, 6) is 0.381. The van der Waals surface area contributed by atoms with Gasteiger partial charge in [0.25, 0.3) is 0 Å². The van der Waals surface area contributed by atoms with E-state index in [-0.39, 0.29) is 0 Å². The second-order valence-corrected chi connectivity index (χ2v) is 3.85. The SMILES string of the molecule is Cn1nccc1Cc1sccc1O. The maximum Gasteiger partial charge on any atom is 0.129 e. The van der Waals surface area contributed by atoms with Crippen LogP contribution in [0.25, 0.3) is 0 Å². The minimum Gasteiger partial charge on any atom is -0.507 e. The van der Waals surface area contributed by atoms with Gasteiger partial charge in [-0.05, 0) is 17.5 Å². The molecule has 1 N–H and O–H groups in total. The van der Waals surface area contributed by atoms with Crippen molar-refractivity contribution >= 4 is 11.3 Å². The van der Waals surface area contributed by atoms with Gasteiger partial charge in [0.1, 0.15) is 5.75 Å². The van der Waals surface area contributed by atoms with Gasteiger partial charge in [0, 0.05) is 25.4 Å². The van der Waals surface area contributed by atoms with Crippen molar-refractivity contribution in [2.45, 2.75) is 6.42 Å². The first-order chi connectivity index (χ1) is 6.27. The highest BCUT2D eigenvalue weighted by atomic mass is 32.1. The van der Waals surface area contributed by atoms with Crippen LogP contribution >= 0.6 is 11.3 Å². The summed E-state index contributed by atoms with van der Waals surface area (Å²) < 4.78 is 1.82. The topological polar surface area (TPSA) is 38.0 Å². The largest absolute Gasteiger partial charge is 0.507 e. The Hall–Kier alpha value is -1.29. The number of nitrogens with zero attached hydrogens (tertiary/aromatic N) is 2. The van der Waals surface area contributed by atoms with E-state index in [0.29, 0.717) is 5.75 Å². The average molecular weight is 194 g/mol. The summed E-state index contributed by atoms with van der Waals surface area (Å²) in [6.07, 6.45) is 2.51. The molecule has 4 heteroatoms. The van der Waals surface area contributed by atoms with Crippen molar-refractivity contribution in [3.05, 3.63) is 34.3 Å². The third-order valence-electron chi connectivity index (χ3n) is 1.99. The highest BCUT2D eigenvalue weighted by molar-refractivity contribution is 7.10. The molecule has 0 fully saturated rings. The lowest BCUT2D eigenvalue weighted by molar-refractivity contribution is 0.472.